The Balaban J connectivity index is 1.12. The Hall–Kier alpha value is -4.65. The first-order chi connectivity index (χ1) is 19.9. The van der Waals surface area contributed by atoms with Gasteiger partial charge in [-0.1, -0.05) is 50.2 Å². The summed E-state index contributed by atoms with van der Waals surface area (Å²) >= 11 is 0. The highest BCUT2D eigenvalue weighted by molar-refractivity contribution is 5.83. The molecule has 0 saturated carbocycles. The van der Waals surface area contributed by atoms with E-state index in [2.05, 4.69) is 53.1 Å². The lowest BCUT2D eigenvalue weighted by molar-refractivity contribution is -0.146. The van der Waals surface area contributed by atoms with Crippen molar-refractivity contribution in [3.8, 4) is 39.4 Å². The van der Waals surface area contributed by atoms with Gasteiger partial charge in [0.2, 0.25) is 0 Å². The highest BCUT2D eigenvalue weighted by atomic mass is 16.5. The number of benzene rings is 3. The van der Waals surface area contributed by atoms with Gasteiger partial charge in [0.1, 0.15) is 36.5 Å². The number of hydrogen-bond donors (Lipinski definition) is 2. The average molecular weight is 545 g/mol. The first-order valence-electron chi connectivity index (χ1n) is 14.2. The lowest BCUT2D eigenvalue weighted by Crippen LogP contribution is -2.14. The predicted octanol–water partition coefficient (Wildman–Crippen LogP) is 7.10. The molecule has 7 rings (SSSR count). The van der Waals surface area contributed by atoms with Crippen LogP contribution in [-0.4, -0.2) is 25.9 Å². The van der Waals surface area contributed by atoms with Crippen molar-refractivity contribution < 1.29 is 14.3 Å². The van der Waals surface area contributed by atoms with Gasteiger partial charge in [-0.15, -0.1) is 0 Å². The third kappa shape index (κ3) is 4.61. The summed E-state index contributed by atoms with van der Waals surface area (Å²) in [6.45, 7) is 6.89. The molecule has 1 aliphatic carbocycles. The molecular weight excluding hydrogens is 512 g/mol. The second-order valence-electron chi connectivity index (χ2n) is 11.3. The number of ether oxygens (including phenoxy) is 2. The average Bonchev–Trinajstić information content (AvgIpc) is 3.67. The van der Waals surface area contributed by atoms with E-state index in [1.807, 2.05) is 36.4 Å². The highest BCUT2D eigenvalue weighted by Crippen LogP contribution is 2.44. The monoisotopic (exact) mass is 544 g/mol. The fraction of sp³-hybridized carbons (Fsp3) is 0.265. The van der Waals surface area contributed by atoms with Crippen LogP contribution in [0.2, 0.25) is 0 Å². The van der Waals surface area contributed by atoms with E-state index >= 15 is 0 Å². The summed E-state index contributed by atoms with van der Waals surface area (Å²) in [5.41, 5.74) is 11.1. The number of rotatable bonds is 6. The molecule has 3 heterocycles. The molecule has 41 heavy (non-hydrogen) atoms. The van der Waals surface area contributed by atoms with Crippen molar-refractivity contribution in [3.63, 3.8) is 0 Å². The number of aromatic amines is 2. The van der Waals surface area contributed by atoms with Gasteiger partial charge < -0.3 is 19.4 Å². The zero-order valence-corrected chi connectivity index (χ0v) is 23.5. The Morgan fingerprint density at radius 1 is 0.927 bits per heavy atom. The maximum absolute atomic E-state index is 12.7. The highest BCUT2D eigenvalue weighted by Gasteiger charge is 2.26. The third-order valence-electron chi connectivity index (χ3n) is 8.12. The van der Waals surface area contributed by atoms with E-state index in [9.17, 15) is 4.79 Å². The largest absolute Gasteiger partial charge is 0.488 e. The Bertz CT molecular complexity index is 1770. The fourth-order valence-corrected chi connectivity index (χ4v) is 5.71. The van der Waals surface area contributed by atoms with Crippen LogP contribution in [0.5, 0.6) is 5.75 Å². The molecule has 2 aromatic heterocycles. The minimum atomic E-state index is -0.508. The molecule has 0 saturated heterocycles. The van der Waals surface area contributed by atoms with E-state index in [1.54, 1.807) is 13.1 Å². The van der Waals surface area contributed by atoms with E-state index in [4.69, 9.17) is 14.5 Å². The van der Waals surface area contributed by atoms with E-state index < -0.39 is 5.92 Å². The van der Waals surface area contributed by atoms with Crippen molar-refractivity contribution in [1.29, 1.82) is 0 Å². The van der Waals surface area contributed by atoms with Gasteiger partial charge in [-0.05, 0) is 66.3 Å². The molecule has 1 unspecified atom stereocenters. The molecule has 0 amide bonds. The molecule has 2 N–H and O–H groups in total. The summed E-state index contributed by atoms with van der Waals surface area (Å²) in [6.07, 6.45) is 3.73. The number of nitrogens with zero attached hydrogens (tertiary/aromatic N) is 2. The Morgan fingerprint density at radius 3 is 2.59 bits per heavy atom. The van der Waals surface area contributed by atoms with E-state index in [-0.39, 0.29) is 12.6 Å². The van der Waals surface area contributed by atoms with Gasteiger partial charge in [0.15, 0.2) is 0 Å². The first-order valence-corrected chi connectivity index (χ1v) is 14.2. The number of nitrogens with one attached hydrogen (secondary N) is 2. The molecule has 5 aromatic rings. The van der Waals surface area contributed by atoms with Crippen molar-refractivity contribution >= 4 is 5.97 Å². The van der Waals surface area contributed by atoms with Gasteiger partial charge in [-0.2, -0.15) is 0 Å². The molecule has 0 bridgehead atoms. The summed E-state index contributed by atoms with van der Waals surface area (Å²) < 4.78 is 11.8. The Kier molecular flexibility index (Phi) is 6.22. The van der Waals surface area contributed by atoms with Crippen molar-refractivity contribution in [1.82, 2.24) is 19.9 Å². The van der Waals surface area contributed by atoms with Gasteiger partial charge in [-0.3, -0.25) is 4.79 Å². The summed E-state index contributed by atoms with van der Waals surface area (Å²) in [6, 6.07) is 20.5. The molecule has 2 aliphatic rings. The molecule has 0 spiro atoms. The van der Waals surface area contributed by atoms with Crippen LogP contribution in [0.1, 0.15) is 66.6 Å². The smallest absolute Gasteiger partial charge is 0.316 e. The van der Waals surface area contributed by atoms with Crippen LogP contribution in [0.4, 0.5) is 0 Å². The van der Waals surface area contributed by atoms with Crippen molar-refractivity contribution in [2.24, 2.45) is 0 Å². The van der Waals surface area contributed by atoms with Gasteiger partial charge in [0.25, 0.3) is 0 Å². The second-order valence-corrected chi connectivity index (χ2v) is 11.3. The molecule has 7 heteroatoms. The number of aryl methyl sites for hydroxylation is 2. The van der Waals surface area contributed by atoms with Crippen LogP contribution in [-0.2, 0) is 35.6 Å². The number of esters is 1. The van der Waals surface area contributed by atoms with Crippen LogP contribution in [0.25, 0.3) is 33.6 Å². The summed E-state index contributed by atoms with van der Waals surface area (Å²) in [7, 11) is 0. The standard InChI is InChI=1S/C34H32N4O3/c1-19(2)32-36-28-12-10-22-13-26-24(14-27(22)31(28)38-32)18-40-30-15-23(9-11-25(26)30)29-16-35-33(37-29)20(3)34(39)41-17-21-7-5-4-6-8-21/h4-9,11,13-16,19-20H,10,12,17-18H2,1-3H3,(H,35,37)(H,36,38). The van der Waals surface area contributed by atoms with E-state index in [0.29, 0.717) is 18.3 Å². The van der Waals surface area contributed by atoms with Crippen LogP contribution in [0, 0.1) is 0 Å². The number of fused-ring (bicyclic) bond motifs is 6. The van der Waals surface area contributed by atoms with Crippen molar-refractivity contribution in [2.45, 2.75) is 58.7 Å². The number of imidazole rings is 2. The minimum absolute atomic E-state index is 0.242. The lowest BCUT2D eigenvalue weighted by atomic mass is 9.85. The quantitative estimate of drug-likeness (QED) is 0.223. The van der Waals surface area contributed by atoms with Crippen LogP contribution in [0.3, 0.4) is 0 Å². The van der Waals surface area contributed by atoms with E-state index in [1.165, 1.54) is 27.9 Å². The molecule has 1 atom stereocenters. The normalized spacial score (nSPS) is 14.0. The maximum Gasteiger partial charge on any atom is 0.316 e. The molecule has 206 valence electrons. The second kappa shape index (κ2) is 10.1. The number of H-pyrrole nitrogens is 2. The number of aromatic nitrogens is 4. The van der Waals surface area contributed by atoms with Crippen molar-refractivity contribution in [3.05, 3.63) is 101 Å². The van der Waals surface area contributed by atoms with Gasteiger partial charge in [-0.25, -0.2) is 9.97 Å². The molecule has 3 aromatic carbocycles. The van der Waals surface area contributed by atoms with Crippen LogP contribution in [0.15, 0.2) is 66.9 Å². The third-order valence-corrected chi connectivity index (χ3v) is 8.12. The summed E-state index contributed by atoms with van der Waals surface area (Å²) in [5, 5.41) is 0. The van der Waals surface area contributed by atoms with Gasteiger partial charge in [0.05, 0.1) is 17.6 Å². The fourth-order valence-electron chi connectivity index (χ4n) is 5.71. The molecule has 7 nitrogen and oxygen atoms in total. The van der Waals surface area contributed by atoms with Crippen LogP contribution >= 0.6 is 0 Å². The predicted molar refractivity (Wildman–Crippen MR) is 158 cm³/mol. The lowest BCUT2D eigenvalue weighted by Gasteiger charge is -2.25. The summed E-state index contributed by atoms with van der Waals surface area (Å²) in [4.78, 5) is 29.0. The van der Waals surface area contributed by atoms with Gasteiger partial charge >= 0.3 is 5.97 Å². The van der Waals surface area contributed by atoms with Gasteiger partial charge in [0, 0.05) is 28.3 Å². The Labute approximate surface area is 239 Å². The molecule has 0 fully saturated rings. The number of carbonyl (C=O) groups is 1. The molecule has 0 radical (unpaired) electrons. The summed E-state index contributed by atoms with van der Waals surface area (Å²) in [5.74, 6) is 2.02. The first kappa shape index (κ1) is 25.3. The zero-order chi connectivity index (χ0) is 28.1. The minimum Gasteiger partial charge on any atom is -0.488 e. The number of carbonyl (C=O) groups excluding carboxylic acids is 1. The Morgan fingerprint density at radius 2 is 1.76 bits per heavy atom. The topological polar surface area (TPSA) is 92.9 Å². The SMILES string of the molecule is CC(C)c1nc2c([nH]1)CCc1cc3c(cc1-2)COc1cc(-c2cnc(C(C)C(=O)OCc4ccccc4)[nH]2)ccc1-3. The number of hydrogen-bond acceptors (Lipinski definition) is 5. The van der Waals surface area contributed by atoms with E-state index in [0.717, 1.165) is 52.5 Å². The molecular formula is C34H32N4O3. The zero-order valence-electron chi connectivity index (χ0n) is 23.5. The van der Waals surface area contributed by atoms with Crippen LogP contribution < -0.4 is 4.74 Å². The maximum atomic E-state index is 12.7. The van der Waals surface area contributed by atoms with Crippen molar-refractivity contribution in [2.75, 3.05) is 0 Å². The molecule has 1 aliphatic heterocycles.